The first-order valence-corrected chi connectivity index (χ1v) is 4.60. The second-order valence-electron chi connectivity index (χ2n) is 3.50. The van der Waals surface area contributed by atoms with Gasteiger partial charge in [0.15, 0.2) is 0 Å². The summed E-state index contributed by atoms with van der Waals surface area (Å²) in [5.41, 5.74) is 1.11. The summed E-state index contributed by atoms with van der Waals surface area (Å²) in [5, 5.41) is 2.32. The van der Waals surface area contributed by atoms with Crippen LogP contribution in [0.5, 0.6) is 0 Å². The Morgan fingerprint density at radius 2 is 1.92 bits per heavy atom. The molecule has 1 atom stereocenters. The quantitative estimate of drug-likeness (QED) is 0.562. The molecule has 0 bridgehead atoms. The zero-order valence-corrected chi connectivity index (χ0v) is 7.99. The summed E-state index contributed by atoms with van der Waals surface area (Å²) in [6.45, 7) is 4.23. The fourth-order valence-electron chi connectivity index (χ4n) is 1.67. The highest BCUT2D eigenvalue weighted by atomic mass is 14.7. The van der Waals surface area contributed by atoms with Gasteiger partial charge < -0.3 is 0 Å². The highest BCUT2D eigenvalue weighted by molar-refractivity contribution is 5.32. The first kappa shape index (κ1) is 8.24. The minimum atomic E-state index is 0.479. The molecule has 66 valence electrons. The van der Waals surface area contributed by atoms with E-state index in [-0.39, 0.29) is 0 Å². The zero-order chi connectivity index (χ0) is 9.26. The van der Waals surface area contributed by atoms with Gasteiger partial charge >= 0.3 is 0 Å². The molecule has 0 saturated heterocycles. The maximum Gasteiger partial charge on any atom is 0.0702 e. The third-order valence-electron chi connectivity index (χ3n) is 2.18. The number of allylic oxidation sites excluding steroid dienone is 2. The zero-order valence-electron chi connectivity index (χ0n) is 7.99. The SMILES string of the molecule is CC1=CC(C)C=c2ccccc2=N1. The van der Waals surface area contributed by atoms with Gasteiger partial charge in [-0.15, -0.1) is 0 Å². The van der Waals surface area contributed by atoms with Crippen molar-refractivity contribution in [2.45, 2.75) is 13.8 Å². The first-order chi connectivity index (χ1) is 6.25. The molecule has 0 amide bonds. The topological polar surface area (TPSA) is 12.4 Å². The lowest BCUT2D eigenvalue weighted by Gasteiger charge is -1.94. The van der Waals surface area contributed by atoms with Gasteiger partial charge in [0.1, 0.15) is 0 Å². The fourth-order valence-corrected chi connectivity index (χ4v) is 1.67. The smallest absolute Gasteiger partial charge is 0.0702 e. The fraction of sp³-hybridized carbons (Fsp3) is 0.250. The van der Waals surface area contributed by atoms with E-state index >= 15 is 0 Å². The molecule has 2 rings (SSSR count). The molecule has 1 aliphatic heterocycles. The Balaban J connectivity index is 2.76. The lowest BCUT2D eigenvalue weighted by molar-refractivity contribution is 0.978. The number of hydrogen-bond donors (Lipinski definition) is 0. The Morgan fingerprint density at radius 1 is 1.15 bits per heavy atom. The van der Waals surface area contributed by atoms with Crippen LogP contribution in [0.2, 0.25) is 0 Å². The van der Waals surface area contributed by atoms with Crippen LogP contribution >= 0.6 is 0 Å². The van der Waals surface area contributed by atoms with Crippen molar-refractivity contribution in [1.82, 2.24) is 0 Å². The molecule has 1 aromatic carbocycles. The van der Waals surface area contributed by atoms with Gasteiger partial charge in [0, 0.05) is 5.70 Å². The maximum absolute atomic E-state index is 4.52. The molecule has 1 unspecified atom stereocenters. The average Bonchev–Trinajstić information content (AvgIpc) is 2.20. The molecule has 1 nitrogen and oxygen atoms in total. The first-order valence-electron chi connectivity index (χ1n) is 4.60. The van der Waals surface area contributed by atoms with Crippen LogP contribution < -0.4 is 10.6 Å². The van der Waals surface area contributed by atoms with Crippen LogP contribution in [0, 0.1) is 5.92 Å². The normalized spacial score (nSPS) is 20.5. The van der Waals surface area contributed by atoms with Crippen LogP contribution in [0.4, 0.5) is 0 Å². The van der Waals surface area contributed by atoms with Crippen molar-refractivity contribution >= 4 is 6.08 Å². The second kappa shape index (κ2) is 3.17. The number of para-hydroxylation sites is 1. The standard InChI is InChI=1S/C12H13N/c1-9-7-10(2)13-12-6-4-3-5-11(12)8-9/h3-9H,1-2H3. The Kier molecular flexibility index (Phi) is 2.01. The van der Waals surface area contributed by atoms with Crippen molar-refractivity contribution < 1.29 is 0 Å². The number of hydrogen-bond acceptors (Lipinski definition) is 1. The van der Waals surface area contributed by atoms with E-state index in [4.69, 9.17) is 0 Å². The molecule has 1 heteroatoms. The van der Waals surface area contributed by atoms with Crippen molar-refractivity contribution in [2.24, 2.45) is 10.9 Å². The van der Waals surface area contributed by atoms with Gasteiger partial charge in [-0.3, -0.25) is 4.99 Å². The van der Waals surface area contributed by atoms with E-state index in [1.807, 2.05) is 13.0 Å². The molecule has 0 N–H and O–H groups in total. The molecule has 0 aromatic heterocycles. The lowest BCUT2D eigenvalue weighted by Crippen LogP contribution is -2.23. The summed E-state index contributed by atoms with van der Waals surface area (Å²) in [6, 6.07) is 8.25. The lowest BCUT2D eigenvalue weighted by atomic mass is 10.1. The Bertz CT molecular complexity index is 454. The Hall–Kier alpha value is -1.37. The number of nitrogens with zero attached hydrogens (tertiary/aromatic N) is 1. The van der Waals surface area contributed by atoms with Crippen LogP contribution in [0.1, 0.15) is 13.8 Å². The van der Waals surface area contributed by atoms with Crippen molar-refractivity contribution in [2.75, 3.05) is 0 Å². The maximum atomic E-state index is 4.52. The minimum absolute atomic E-state index is 0.479. The van der Waals surface area contributed by atoms with Gasteiger partial charge in [0.25, 0.3) is 0 Å². The van der Waals surface area contributed by atoms with Crippen LogP contribution in [0.3, 0.4) is 0 Å². The van der Waals surface area contributed by atoms with Gasteiger partial charge in [-0.2, -0.15) is 0 Å². The van der Waals surface area contributed by atoms with Crippen LogP contribution in [-0.4, -0.2) is 0 Å². The van der Waals surface area contributed by atoms with Crippen molar-refractivity contribution in [3.05, 3.63) is 46.6 Å². The van der Waals surface area contributed by atoms with E-state index in [2.05, 4.69) is 42.3 Å². The summed E-state index contributed by atoms with van der Waals surface area (Å²) >= 11 is 0. The molecular weight excluding hydrogens is 158 g/mol. The number of fused-ring (bicyclic) bond motifs is 1. The number of rotatable bonds is 0. The van der Waals surface area contributed by atoms with E-state index < -0.39 is 0 Å². The summed E-state index contributed by atoms with van der Waals surface area (Å²) < 4.78 is 0. The summed E-state index contributed by atoms with van der Waals surface area (Å²) in [5.74, 6) is 0.479. The molecule has 1 aromatic rings. The largest absolute Gasteiger partial charge is 0.253 e. The predicted molar refractivity (Wildman–Crippen MR) is 54.6 cm³/mol. The average molecular weight is 171 g/mol. The Labute approximate surface area is 78.1 Å². The highest BCUT2D eigenvalue weighted by Gasteiger charge is 1.98. The van der Waals surface area contributed by atoms with E-state index in [1.54, 1.807) is 0 Å². The summed E-state index contributed by atoms with van der Waals surface area (Å²) in [4.78, 5) is 4.52. The van der Waals surface area contributed by atoms with Gasteiger partial charge in [0.2, 0.25) is 0 Å². The van der Waals surface area contributed by atoms with Gasteiger partial charge in [-0.25, -0.2) is 0 Å². The van der Waals surface area contributed by atoms with Gasteiger partial charge in [-0.05, 0) is 24.1 Å². The molecule has 0 spiro atoms. The van der Waals surface area contributed by atoms with Crippen LogP contribution in [-0.2, 0) is 0 Å². The molecule has 1 aliphatic rings. The monoisotopic (exact) mass is 171 g/mol. The Morgan fingerprint density at radius 3 is 2.77 bits per heavy atom. The molecule has 0 radical (unpaired) electrons. The van der Waals surface area contributed by atoms with Crippen molar-refractivity contribution in [3.63, 3.8) is 0 Å². The second-order valence-corrected chi connectivity index (χ2v) is 3.50. The van der Waals surface area contributed by atoms with Crippen molar-refractivity contribution in [3.8, 4) is 0 Å². The van der Waals surface area contributed by atoms with E-state index in [0.717, 1.165) is 11.1 Å². The molecule has 13 heavy (non-hydrogen) atoms. The van der Waals surface area contributed by atoms with E-state index in [0.29, 0.717) is 5.92 Å². The summed E-state index contributed by atoms with van der Waals surface area (Å²) in [7, 11) is 0. The third-order valence-corrected chi connectivity index (χ3v) is 2.18. The van der Waals surface area contributed by atoms with Gasteiger partial charge in [-0.1, -0.05) is 37.3 Å². The molecule has 0 saturated carbocycles. The molecule has 0 aliphatic carbocycles. The van der Waals surface area contributed by atoms with E-state index in [1.165, 1.54) is 5.22 Å². The molecule has 1 heterocycles. The van der Waals surface area contributed by atoms with Gasteiger partial charge in [0.05, 0.1) is 5.36 Å². The van der Waals surface area contributed by atoms with Crippen LogP contribution in [0.25, 0.3) is 6.08 Å². The van der Waals surface area contributed by atoms with Crippen LogP contribution in [0.15, 0.2) is 41.0 Å². The number of benzene rings is 1. The minimum Gasteiger partial charge on any atom is -0.253 e. The highest BCUT2D eigenvalue weighted by Crippen LogP contribution is 2.05. The predicted octanol–water partition coefficient (Wildman–Crippen LogP) is 1.64. The molecule has 0 fully saturated rings. The summed E-state index contributed by atoms with van der Waals surface area (Å²) in [6.07, 6.45) is 4.43. The molecular formula is C12H13N. The third kappa shape index (κ3) is 1.69. The van der Waals surface area contributed by atoms with E-state index in [9.17, 15) is 0 Å². The van der Waals surface area contributed by atoms with Crippen molar-refractivity contribution in [1.29, 1.82) is 0 Å².